The van der Waals surface area contributed by atoms with Crippen LogP contribution in [0.5, 0.6) is 0 Å². The Balaban J connectivity index is 1.53. The summed E-state index contributed by atoms with van der Waals surface area (Å²) >= 11 is 0. The van der Waals surface area contributed by atoms with Crippen LogP contribution in [0.4, 0.5) is 5.82 Å². The third kappa shape index (κ3) is 3.39. The van der Waals surface area contributed by atoms with Crippen LogP contribution in [0.1, 0.15) is 29.8 Å². The second-order valence-electron chi connectivity index (χ2n) is 6.43. The lowest BCUT2D eigenvalue weighted by molar-refractivity contribution is 0.623. The van der Waals surface area contributed by atoms with Crippen molar-refractivity contribution in [1.82, 2.24) is 15.3 Å². The first kappa shape index (κ1) is 15.8. The molecular formula is C21H22N4. The number of anilines is 1. The minimum atomic E-state index is 0.193. The molecule has 25 heavy (non-hydrogen) atoms. The average Bonchev–Trinajstić information content (AvgIpc) is 2.69. The molecule has 0 saturated carbocycles. The van der Waals surface area contributed by atoms with Crippen LogP contribution in [-0.4, -0.2) is 16.5 Å². The van der Waals surface area contributed by atoms with Gasteiger partial charge in [0.15, 0.2) is 0 Å². The molecule has 0 bridgehead atoms. The van der Waals surface area contributed by atoms with Crippen molar-refractivity contribution in [3.8, 4) is 11.1 Å². The molecule has 0 amide bonds. The van der Waals surface area contributed by atoms with Crippen LogP contribution in [0.2, 0.25) is 0 Å². The van der Waals surface area contributed by atoms with Crippen molar-refractivity contribution in [2.45, 2.75) is 25.9 Å². The molecule has 0 fully saturated rings. The molecule has 1 aromatic heterocycles. The van der Waals surface area contributed by atoms with Crippen LogP contribution in [0.3, 0.4) is 0 Å². The average molecular weight is 330 g/mol. The zero-order valence-corrected chi connectivity index (χ0v) is 14.4. The van der Waals surface area contributed by atoms with Gasteiger partial charge in [0.05, 0.1) is 5.69 Å². The minimum Gasteiger partial charge on any atom is -0.363 e. The van der Waals surface area contributed by atoms with Crippen molar-refractivity contribution in [1.29, 1.82) is 0 Å². The predicted octanol–water partition coefficient (Wildman–Crippen LogP) is 3.96. The summed E-state index contributed by atoms with van der Waals surface area (Å²) in [5, 5.41) is 6.92. The molecule has 1 aliphatic rings. The highest BCUT2D eigenvalue weighted by Crippen LogP contribution is 2.26. The molecule has 0 radical (unpaired) electrons. The van der Waals surface area contributed by atoms with Gasteiger partial charge in [-0.1, -0.05) is 54.6 Å². The largest absolute Gasteiger partial charge is 0.363 e. The Morgan fingerprint density at radius 2 is 1.72 bits per heavy atom. The van der Waals surface area contributed by atoms with Crippen LogP contribution in [-0.2, 0) is 13.0 Å². The number of fused-ring (bicyclic) bond motifs is 1. The number of hydrogen-bond donors (Lipinski definition) is 2. The summed E-state index contributed by atoms with van der Waals surface area (Å²) in [7, 11) is 0. The van der Waals surface area contributed by atoms with Crippen molar-refractivity contribution >= 4 is 5.82 Å². The third-order valence-electron chi connectivity index (χ3n) is 4.75. The molecule has 4 heteroatoms. The highest BCUT2D eigenvalue weighted by atomic mass is 15.1. The summed E-state index contributed by atoms with van der Waals surface area (Å²) in [5.74, 6) is 0.964. The zero-order chi connectivity index (χ0) is 17.1. The van der Waals surface area contributed by atoms with E-state index < -0.39 is 0 Å². The van der Waals surface area contributed by atoms with Gasteiger partial charge in [0.2, 0.25) is 0 Å². The molecule has 0 saturated heterocycles. The molecule has 1 aliphatic heterocycles. The highest BCUT2D eigenvalue weighted by Gasteiger charge is 2.16. The maximum Gasteiger partial charge on any atom is 0.133 e. The fourth-order valence-electron chi connectivity index (χ4n) is 3.29. The second kappa shape index (κ2) is 7.03. The first-order valence-corrected chi connectivity index (χ1v) is 8.76. The maximum atomic E-state index is 4.47. The molecule has 2 N–H and O–H groups in total. The molecule has 0 spiro atoms. The van der Waals surface area contributed by atoms with E-state index in [2.05, 4.69) is 76.1 Å². The molecule has 126 valence electrons. The van der Waals surface area contributed by atoms with Gasteiger partial charge in [-0.05, 0) is 36.6 Å². The number of rotatable bonds is 4. The number of nitrogens with one attached hydrogen (secondary N) is 2. The van der Waals surface area contributed by atoms with Crippen LogP contribution < -0.4 is 10.6 Å². The summed E-state index contributed by atoms with van der Waals surface area (Å²) in [6.45, 7) is 3.98. The lowest BCUT2D eigenvalue weighted by atomic mass is 10.0. The Hall–Kier alpha value is -2.72. The smallest absolute Gasteiger partial charge is 0.133 e. The Morgan fingerprint density at radius 1 is 0.960 bits per heavy atom. The van der Waals surface area contributed by atoms with Gasteiger partial charge in [-0.3, -0.25) is 0 Å². The van der Waals surface area contributed by atoms with E-state index in [0.717, 1.165) is 31.0 Å². The SMILES string of the molecule is C[C@@H](Nc1ncnc2c1CCNC2)c1ccc(-c2ccccc2)cc1. The van der Waals surface area contributed by atoms with Gasteiger partial charge >= 0.3 is 0 Å². The van der Waals surface area contributed by atoms with Crippen LogP contribution in [0, 0.1) is 0 Å². The lowest BCUT2D eigenvalue weighted by Gasteiger charge is -2.22. The Morgan fingerprint density at radius 3 is 2.52 bits per heavy atom. The first-order valence-electron chi connectivity index (χ1n) is 8.76. The van der Waals surface area contributed by atoms with E-state index in [-0.39, 0.29) is 6.04 Å². The summed E-state index contributed by atoms with van der Waals surface area (Å²) in [6, 6.07) is 19.4. The molecule has 0 unspecified atom stereocenters. The van der Waals surface area contributed by atoms with Crippen molar-refractivity contribution in [2.24, 2.45) is 0 Å². The maximum absolute atomic E-state index is 4.47. The van der Waals surface area contributed by atoms with Gasteiger partial charge in [0.1, 0.15) is 12.1 Å². The van der Waals surface area contributed by atoms with E-state index in [1.807, 2.05) is 6.07 Å². The van der Waals surface area contributed by atoms with Crippen molar-refractivity contribution in [3.05, 3.63) is 77.7 Å². The lowest BCUT2D eigenvalue weighted by Crippen LogP contribution is -2.26. The van der Waals surface area contributed by atoms with Crippen molar-refractivity contribution in [3.63, 3.8) is 0 Å². The predicted molar refractivity (Wildman–Crippen MR) is 101 cm³/mol. The monoisotopic (exact) mass is 330 g/mol. The number of aromatic nitrogens is 2. The van der Waals surface area contributed by atoms with Gasteiger partial charge in [-0.25, -0.2) is 9.97 Å². The zero-order valence-electron chi connectivity index (χ0n) is 14.4. The van der Waals surface area contributed by atoms with Gasteiger partial charge < -0.3 is 10.6 Å². The normalized spacial score (nSPS) is 14.6. The van der Waals surface area contributed by atoms with Gasteiger partial charge in [0.25, 0.3) is 0 Å². The van der Waals surface area contributed by atoms with Crippen molar-refractivity contribution in [2.75, 3.05) is 11.9 Å². The van der Waals surface area contributed by atoms with Crippen LogP contribution >= 0.6 is 0 Å². The van der Waals surface area contributed by atoms with E-state index >= 15 is 0 Å². The van der Waals surface area contributed by atoms with Crippen molar-refractivity contribution < 1.29 is 0 Å². The van der Waals surface area contributed by atoms with Gasteiger partial charge in [-0.15, -0.1) is 0 Å². The molecule has 2 aromatic carbocycles. The third-order valence-corrected chi connectivity index (χ3v) is 4.75. The molecule has 1 atom stereocenters. The van der Waals surface area contributed by atoms with Crippen LogP contribution in [0.15, 0.2) is 60.9 Å². The summed E-state index contributed by atoms with van der Waals surface area (Å²) in [5.41, 5.74) is 6.08. The summed E-state index contributed by atoms with van der Waals surface area (Å²) < 4.78 is 0. The van der Waals surface area contributed by atoms with E-state index in [9.17, 15) is 0 Å². The van der Waals surface area contributed by atoms with E-state index in [1.165, 1.54) is 22.3 Å². The van der Waals surface area contributed by atoms with Gasteiger partial charge in [0, 0.05) is 18.2 Å². The standard InChI is InChI=1S/C21H22N4/c1-15(25-21-19-11-12-22-13-20(19)23-14-24-21)16-7-9-18(10-8-16)17-5-3-2-4-6-17/h2-10,14-15,22H,11-13H2,1H3,(H,23,24,25)/t15-/m1/s1. The minimum absolute atomic E-state index is 0.193. The van der Waals surface area contributed by atoms with E-state index in [1.54, 1.807) is 6.33 Å². The fourth-order valence-corrected chi connectivity index (χ4v) is 3.29. The summed E-state index contributed by atoms with van der Waals surface area (Å²) in [6.07, 6.45) is 2.62. The Labute approximate surface area is 148 Å². The second-order valence-corrected chi connectivity index (χ2v) is 6.43. The summed E-state index contributed by atoms with van der Waals surface area (Å²) in [4.78, 5) is 8.86. The highest BCUT2D eigenvalue weighted by molar-refractivity contribution is 5.63. The quantitative estimate of drug-likeness (QED) is 0.760. The molecule has 2 heterocycles. The Bertz CT molecular complexity index is 844. The van der Waals surface area contributed by atoms with E-state index in [0.29, 0.717) is 0 Å². The topological polar surface area (TPSA) is 49.8 Å². The molecule has 0 aliphatic carbocycles. The van der Waals surface area contributed by atoms with E-state index in [4.69, 9.17) is 0 Å². The number of benzene rings is 2. The van der Waals surface area contributed by atoms with Gasteiger partial charge in [-0.2, -0.15) is 0 Å². The fraction of sp³-hybridized carbons (Fsp3) is 0.238. The number of hydrogen-bond acceptors (Lipinski definition) is 4. The van der Waals surface area contributed by atoms with Crippen LogP contribution in [0.25, 0.3) is 11.1 Å². The molecular weight excluding hydrogens is 308 g/mol. The molecule has 4 nitrogen and oxygen atoms in total. The first-order chi connectivity index (χ1) is 12.3. The Kier molecular flexibility index (Phi) is 4.44. The molecule has 3 aromatic rings. The number of nitrogens with zero attached hydrogens (tertiary/aromatic N) is 2. The molecule has 4 rings (SSSR count).